The molecule has 1 aromatic rings. The number of rotatable bonds is 6. The van der Waals surface area contributed by atoms with Crippen LogP contribution in [-0.2, 0) is 9.59 Å². The molecule has 3 rings (SSSR count). The zero-order valence-corrected chi connectivity index (χ0v) is 17.9. The molecule has 0 aromatic carbocycles. The maximum absolute atomic E-state index is 12.9. The molecule has 0 saturated carbocycles. The Morgan fingerprint density at radius 3 is 2.61 bits per heavy atom. The van der Waals surface area contributed by atoms with E-state index < -0.39 is 0 Å². The van der Waals surface area contributed by atoms with Crippen LogP contribution < -0.4 is 0 Å². The van der Waals surface area contributed by atoms with E-state index in [1.807, 2.05) is 24.9 Å². The van der Waals surface area contributed by atoms with Crippen molar-refractivity contribution in [1.82, 2.24) is 24.5 Å². The molecule has 7 nitrogen and oxygen atoms in total. The van der Waals surface area contributed by atoms with Crippen molar-refractivity contribution in [2.45, 2.75) is 52.0 Å². The Morgan fingerprint density at radius 2 is 2.00 bits per heavy atom. The van der Waals surface area contributed by atoms with Gasteiger partial charge in [0, 0.05) is 38.8 Å². The quantitative estimate of drug-likeness (QED) is 0.746. The topological polar surface area (TPSA) is 61.7 Å². The van der Waals surface area contributed by atoms with Gasteiger partial charge in [-0.2, -0.15) is 5.10 Å². The Morgan fingerprint density at radius 1 is 1.29 bits per heavy atom. The molecule has 0 unspecified atom stereocenters. The second-order valence-electron chi connectivity index (χ2n) is 8.97. The van der Waals surface area contributed by atoms with Gasteiger partial charge in [-0.25, -0.2) is 0 Å². The number of piperidine rings is 2. The Labute approximate surface area is 168 Å². The number of hydrogen-bond donors (Lipinski definition) is 0. The zero-order chi connectivity index (χ0) is 20.3. The molecule has 156 valence electrons. The lowest BCUT2D eigenvalue weighted by molar-refractivity contribution is -0.143. The van der Waals surface area contributed by atoms with E-state index in [4.69, 9.17) is 0 Å². The van der Waals surface area contributed by atoms with Gasteiger partial charge in [-0.15, -0.1) is 0 Å². The van der Waals surface area contributed by atoms with Crippen LogP contribution in [0, 0.1) is 12.3 Å². The molecule has 0 radical (unpaired) electrons. The minimum absolute atomic E-state index is 0.146. The summed E-state index contributed by atoms with van der Waals surface area (Å²) in [6.45, 7) is 8.17. The fourth-order valence-corrected chi connectivity index (χ4v) is 4.52. The lowest BCUT2D eigenvalue weighted by Crippen LogP contribution is -2.53. The van der Waals surface area contributed by atoms with E-state index in [1.165, 1.54) is 0 Å². The van der Waals surface area contributed by atoms with Crippen LogP contribution in [0.3, 0.4) is 0 Å². The van der Waals surface area contributed by atoms with Crippen molar-refractivity contribution in [3.63, 3.8) is 0 Å². The molecule has 28 heavy (non-hydrogen) atoms. The van der Waals surface area contributed by atoms with Gasteiger partial charge >= 0.3 is 0 Å². The van der Waals surface area contributed by atoms with Crippen molar-refractivity contribution in [3.8, 4) is 0 Å². The van der Waals surface area contributed by atoms with Gasteiger partial charge in [0.15, 0.2) is 0 Å². The van der Waals surface area contributed by atoms with E-state index in [0.29, 0.717) is 12.3 Å². The second kappa shape index (κ2) is 8.64. The third kappa shape index (κ3) is 4.74. The molecule has 0 aliphatic carbocycles. The maximum Gasteiger partial charge on any atom is 0.247 e. The number of hydrogen-bond acceptors (Lipinski definition) is 4. The summed E-state index contributed by atoms with van der Waals surface area (Å²) in [5.41, 5.74) is 1.26. The lowest BCUT2D eigenvalue weighted by Gasteiger charge is -2.47. The molecule has 1 atom stereocenters. The van der Waals surface area contributed by atoms with Gasteiger partial charge in [0.25, 0.3) is 0 Å². The smallest absolute Gasteiger partial charge is 0.247 e. The third-order valence-corrected chi connectivity index (χ3v) is 6.40. The lowest BCUT2D eigenvalue weighted by atomic mass is 9.72. The highest BCUT2D eigenvalue weighted by molar-refractivity contribution is 5.80. The number of carbonyl (C=O) groups excluding carboxylic acids is 2. The maximum atomic E-state index is 12.9. The second-order valence-corrected chi connectivity index (χ2v) is 8.97. The Balaban J connectivity index is 1.54. The van der Waals surface area contributed by atoms with Gasteiger partial charge in [0.1, 0.15) is 6.04 Å². The molecule has 0 bridgehead atoms. The number of aromatic nitrogens is 2. The highest BCUT2D eigenvalue weighted by Gasteiger charge is 2.42. The van der Waals surface area contributed by atoms with Crippen molar-refractivity contribution in [2.24, 2.45) is 5.41 Å². The SMILES string of the molecule is Cc1cnn([C@H](C)C(=O)N2CCC3(CCC(=O)N(CCCN(C)C)C3)CC2)c1. The molecule has 2 saturated heterocycles. The van der Waals surface area contributed by atoms with Crippen molar-refractivity contribution < 1.29 is 9.59 Å². The first-order chi connectivity index (χ1) is 13.3. The van der Waals surface area contributed by atoms with Crippen LogP contribution in [0.2, 0.25) is 0 Å². The van der Waals surface area contributed by atoms with Crippen LogP contribution in [0.15, 0.2) is 12.4 Å². The van der Waals surface area contributed by atoms with Crippen molar-refractivity contribution in [1.29, 1.82) is 0 Å². The predicted molar refractivity (Wildman–Crippen MR) is 109 cm³/mol. The van der Waals surface area contributed by atoms with Crippen LogP contribution in [0.5, 0.6) is 0 Å². The van der Waals surface area contributed by atoms with E-state index in [-0.39, 0.29) is 17.4 Å². The highest BCUT2D eigenvalue weighted by Crippen LogP contribution is 2.40. The number of carbonyl (C=O) groups is 2. The minimum Gasteiger partial charge on any atom is -0.342 e. The van der Waals surface area contributed by atoms with Crippen LogP contribution in [0.25, 0.3) is 0 Å². The van der Waals surface area contributed by atoms with Gasteiger partial charge in [-0.3, -0.25) is 14.3 Å². The monoisotopic (exact) mass is 389 g/mol. The van der Waals surface area contributed by atoms with Gasteiger partial charge in [-0.05, 0) is 71.1 Å². The van der Waals surface area contributed by atoms with Crippen LogP contribution >= 0.6 is 0 Å². The summed E-state index contributed by atoms with van der Waals surface area (Å²) < 4.78 is 1.76. The number of aryl methyl sites for hydroxylation is 1. The first-order valence-electron chi connectivity index (χ1n) is 10.5. The summed E-state index contributed by atoms with van der Waals surface area (Å²) in [7, 11) is 4.13. The molecular formula is C21H35N5O2. The van der Waals surface area contributed by atoms with Crippen molar-refractivity contribution in [3.05, 3.63) is 18.0 Å². The average Bonchev–Trinajstić information content (AvgIpc) is 3.10. The van der Waals surface area contributed by atoms with E-state index in [9.17, 15) is 9.59 Å². The van der Waals surface area contributed by atoms with Crippen LogP contribution in [0.4, 0.5) is 0 Å². The number of likely N-dealkylation sites (tertiary alicyclic amines) is 2. The summed E-state index contributed by atoms with van der Waals surface area (Å²) in [5, 5.41) is 4.30. The summed E-state index contributed by atoms with van der Waals surface area (Å²) in [5.74, 6) is 0.443. The molecule has 7 heteroatoms. The molecule has 2 aliphatic heterocycles. The van der Waals surface area contributed by atoms with Crippen LogP contribution in [0.1, 0.15) is 50.6 Å². The molecule has 2 fully saturated rings. The Hall–Kier alpha value is -1.89. The van der Waals surface area contributed by atoms with E-state index in [2.05, 4.69) is 29.0 Å². The average molecular weight is 390 g/mol. The highest BCUT2D eigenvalue weighted by atomic mass is 16.2. The van der Waals surface area contributed by atoms with E-state index in [0.717, 1.165) is 64.0 Å². The first kappa shape index (κ1) is 20.8. The van der Waals surface area contributed by atoms with Crippen molar-refractivity contribution in [2.75, 3.05) is 46.8 Å². The van der Waals surface area contributed by atoms with Gasteiger partial charge in [0.2, 0.25) is 11.8 Å². The van der Waals surface area contributed by atoms with E-state index in [1.54, 1.807) is 10.9 Å². The molecule has 3 heterocycles. The van der Waals surface area contributed by atoms with Gasteiger partial charge in [0.05, 0.1) is 6.20 Å². The fourth-order valence-electron chi connectivity index (χ4n) is 4.52. The Bertz CT molecular complexity index is 691. The number of nitrogens with zero attached hydrogens (tertiary/aromatic N) is 5. The summed E-state index contributed by atoms with van der Waals surface area (Å²) >= 11 is 0. The summed E-state index contributed by atoms with van der Waals surface area (Å²) in [6, 6.07) is -0.266. The largest absolute Gasteiger partial charge is 0.342 e. The standard InChI is InChI=1S/C21H35N5O2/c1-17-14-22-26(15-17)18(2)20(28)24-12-8-21(9-13-24)7-6-19(27)25(16-21)11-5-10-23(3)4/h14-15,18H,5-13,16H2,1-4H3/t18-/m1/s1. The fraction of sp³-hybridized carbons (Fsp3) is 0.762. The van der Waals surface area contributed by atoms with Crippen molar-refractivity contribution >= 4 is 11.8 Å². The van der Waals surface area contributed by atoms with E-state index >= 15 is 0 Å². The Kier molecular flexibility index (Phi) is 6.43. The molecule has 0 N–H and O–H groups in total. The summed E-state index contributed by atoms with van der Waals surface area (Å²) in [6.07, 6.45) is 8.32. The number of amides is 2. The molecule has 2 amide bonds. The van der Waals surface area contributed by atoms with Gasteiger partial charge in [-0.1, -0.05) is 0 Å². The normalized spacial score (nSPS) is 20.8. The predicted octanol–water partition coefficient (Wildman–Crippen LogP) is 1.94. The molecule has 2 aliphatic rings. The summed E-state index contributed by atoms with van der Waals surface area (Å²) in [4.78, 5) is 31.5. The molecular weight excluding hydrogens is 354 g/mol. The minimum atomic E-state index is -0.266. The third-order valence-electron chi connectivity index (χ3n) is 6.40. The molecule has 1 aromatic heterocycles. The molecule has 1 spiro atoms. The zero-order valence-electron chi connectivity index (χ0n) is 17.9. The van der Waals surface area contributed by atoms with Crippen LogP contribution in [-0.4, -0.2) is 83.1 Å². The van der Waals surface area contributed by atoms with Gasteiger partial charge < -0.3 is 14.7 Å². The first-order valence-corrected chi connectivity index (χ1v) is 10.5.